The number of rotatable bonds is 4. The maximum absolute atomic E-state index is 13.0. The third-order valence-electron chi connectivity index (χ3n) is 6.58. The van der Waals surface area contributed by atoms with Crippen LogP contribution in [0, 0.1) is 0 Å². The highest BCUT2D eigenvalue weighted by Crippen LogP contribution is 2.33. The summed E-state index contributed by atoms with van der Waals surface area (Å²) in [5, 5.41) is 12.3. The monoisotopic (exact) mass is 476 g/mol. The van der Waals surface area contributed by atoms with Gasteiger partial charge in [0.1, 0.15) is 21.3 Å². The van der Waals surface area contributed by atoms with Crippen LogP contribution in [0.2, 0.25) is 0 Å². The van der Waals surface area contributed by atoms with Crippen LogP contribution in [0.1, 0.15) is 26.7 Å². The second-order valence-electron chi connectivity index (χ2n) is 9.43. The molecule has 1 aliphatic heterocycles. The van der Waals surface area contributed by atoms with Gasteiger partial charge in [0.25, 0.3) is 5.56 Å². The molecular weight excluding hydrogens is 452 g/mol. The van der Waals surface area contributed by atoms with Gasteiger partial charge in [-0.25, -0.2) is 4.52 Å². The molecule has 0 bridgehead atoms. The van der Waals surface area contributed by atoms with Gasteiger partial charge in [0, 0.05) is 30.5 Å². The second kappa shape index (κ2) is 7.47. The molecule has 10 nitrogen and oxygen atoms in total. The number of likely N-dealkylation sites (tertiary alicyclic amines) is 1. The van der Waals surface area contributed by atoms with Crippen LogP contribution in [-0.4, -0.2) is 58.8 Å². The van der Waals surface area contributed by atoms with E-state index in [0.717, 1.165) is 34.7 Å². The summed E-state index contributed by atoms with van der Waals surface area (Å²) in [5.41, 5.74) is 2.98. The zero-order valence-electron chi connectivity index (χ0n) is 19.1. The largest absolute Gasteiger partial charge is 0.324 e. The lowest BCUT2D eigenvalue weighted by atomic mass is 10.0. The molecule has 2 N–H and O–H groups in total. The zero-order chi connectivity index (χ0) is 23.6. The van der Waals surface area contributed by atoms with E-state index in [2.05, 4.69) is 44.2 Å². The average Bonchev–Trinajstić information content (AvgIpc) is 3.52. The molecule has 0 saturated carbocycles. The number of aryl methyl sites for hydroxylation is 1. The highest BCUT2D eigenvalue weighted by molar-refractivity contribution is 7.21. The van der Waals surface area contributed by atoms with E-state index >= 15 is 0 Å². The first-order valence-electron chi connectivity index (χ1n) is 11.2. The van der Waals surface area contributed by atoms with E-state index in [9.17, 15) is 9.59 Å². The first kappa shape index (κ1) is 21.0. The normalized spacial score (nSPS) is 16.2. The summed E-state index contributed by atoms with van der Waals surface area (Å²) in [6.45, 7) is 5.57. The minimum atomic E-state index is -0.235. The first-order chi connectivity index (χ1) is 16.3. The first-order valence-corrected chi connectivity index (χ1v) is 12.0. The smallest absolute Gasteiger partial charge is 0.261 e. The molecule has 0 radical (unpaired) electrons. The molecule has 5 aromatic rings. The Kier molecular flexibility index (Phi) is 4.61. The van der Waals surface area contributed by atoms with Gasteiger partial charge in [0.15, 0.2) is 0 Å². The van der Waals surface area contributed by atoms with Gasteiger partial charge in [-0.15, -0.1) is 11.3 Å². The Balaban J connectivity index is 1.34. The lowest BCUT2D eigenvalue weighted by Crippen LogP contribution is -2.42. The molecule has 6 heterocycles. The summed E-state index contributed by atoms with van der Waals surface area (Å²) in [4.78, 5) is 37.0. The number of nitrogens with zero attached hydrogens (tertiary/aromatic N) is 6. The molecule has 1 saturated heterocycles. The molecule has 5 aromatic heterocycles. The van der Waals surface area contributed by atoms with Gasteiger partial charge in [-0.2, -0.15) is 10.2 Å². The van der Waals surface area contributed by atoms with Crippen LogP contribution in [-0.2, 0) is 11.8 Å². The van der Waals surface area contributed by atoms with Gasteiger partial charge in [-0.1, -0.05) is 0 Å². The van der Waals surface area contributed by atoms with Crippen LogP contribution in [0.5, 0.6) is 0 Å². The summed E-state index contributed by atoms with van der Waals surface area (Å²) in [6, 6.07) is 1.74. The van der Waals surface area contributed by atoms with Crippen molar-refractivity contribution < 1.29 is 4.79 Å². The number of fused-ring (bicyclic) bond motifs is 5. The Labute approximate surface area is 198 Å². The van der Waals surface area contributed by atoms with Crippen LogP contribution in [0.4, 0.5) is 5.69 Å². The molecular formula is C23H24N8O2S. The molecule has 34 heavy (non-hydrogen) atoms. The predicted octanol–water partition coefficient (Wildman–Crippen LogP) is 3.00. The van der Waals surface area contributed by atoms with Crippen LogP contribution in [0.25, 0.3) is 37.2 Å². The number of H-pyrrole nitrogens is 1. The standard InChI is InChI=1S/C23H24N8O2S/c1-23(2)5-4-6-30(23)12-17(32)26-14-7-15-19(24-9-14)20-18(21(33)27-15)22-31(28-20)11-16(34-22)13-8-25-29(3)10-13/h7-11H,4-6,12H2,1-3H3,(H,26,32)(H,27,33). The van der Waals surface area contributed by atoms with Crippen LogP contribution >= 0.6 is 11.3 Å². The Morgan fingerprint density at radius 2 is 2.12 bits per heavy atom. The number of thiazole rings is 1. The van der Waals surface area contributed by atoms with Crippen LogP contribution in [0.15, 0.2) is 35.6 Å². The quantitative estimate of drug-likeness (QED) is 0.412. The third-order valence-corrected chi connectivity index (χ3v) is 7.73. The van der Waals surface area contributed by atoms with E-state index in [1.165, 1.54) is 11.3 Å². The van der Waals surface area contributed by atoms with Gasteiger partial charge in [-0.3, -0.25) is 24.2 Å². The van der Waals surface area contributed by atoms with Gasteiger partial charge >= 0.3 is 0 Å². The maximum Gasteiger partial charge on any atom is 0.261 e. The minimum absolute atomic E-state index is 0.0285. The van der Waals surface area contributed by atoms with E-state index in [1.54, 1.807) is 27.7 Å². The number of hydrogen-bond donors (Lipinski definition) is 2. The summed E-state index contributed by atoms with van der Waals surface area (Å²) >= 11 is 1.49. The number of amides is 1. The number of hydrogen-bond acceptors (Lipinski definition) is 7. The molecule has 1 aliphatic rings. The average molecular weight is 477 g/mol. The zero-order valence-corrected chi connectivity index (χ0v) is 19.9. The van der Waals surface area contributed by atoms with Gasteiger partial charge in [0.05, 0.1) is 35.0 Å². The summed E-state index contributed by atoms with van der Waals surface area (Å²) in [7, 11) is 1.87. The SMILES string of the molecule is Cn1cc(-c2cn3nc4c5ncc(NC(=O)CN6CCCC6(C)C)cc5[nH]c(=O)c4c3s2)cn1. The van der Waals surface area contributed by atoms with E-state index in [0.29, 0.717) is 34.2 Å². The molecule has 0 aromatic carbocycles. The molecule has 0 spiro atoms. The highest BCUT2D eigenvalue weighted by Gasteiger charge is 2.32. The van der Waals surface area contributed by atoms with Crippen molar-refractivity contribution >= 4 is 49.7 Å². The van der Waals surface area contributed by atoms with Crippen molar-refractivity contribution in [3.8, 4) is 10.4 Å². The molecule has 0 aliphatic carbocycles. The molecule has 0 unspecified atom stereocenters. The van der Waals surface area contributed by atoms with Crippen molar-refractivity contribution in [2.24, 2.45) is 7.05 Å². The Morgan fingerprint density at radius 1 is 1.26 bits per heavy atom. The fraction of sp³-hybridized carbons (Fsp3) is 0.348. The Hall–Kier alpha value is -3.57. The van der Waals surface area contributed by atoms with Crippen molar-refractivity contribution in [3.63, 3.8) is 0 Å². The topological polar surface area (TPSA) is 113 Å². The van der Waals surface area contributed by atoms with Crippen molar-refractivity contribution in [3.05, 3.63) is 41.2 Å². The third kappa shape index (κ3) is 3.39. The Bertz CT molecular complexity index is 1640. The number of aromatic amines is 1. The Morgan fingerprint density at radius 3 is 2.85 bits per heavy atom. The summed E-state index contributed by atoms with van der Waals surface area (Å²) in [5.74, 6) is -0.0926. The number of aromatic nitrogens is 6. The van der Waals surface area contributed by atoms with Crippen LogP contribution in [0.3, 0.4) is 0 Å². The van der Waals surface area contributed by atoms with Gasteiger partial charge in [0.2, 0.25) is 5.91 Å². The number of carbonyl (C=O) groups is 1. The predicted molar refractivity (Wildman–Crippen MR) is 132 cm³/mol. The van der Waals surface area contributed by atoms with Crippen LogP contribution < -0.4 is 10.9 Å². The van der Waals surface area contributed by atoms with Crippen molar-refractivity contribution in [1.29, 1.82) is 0 Å². The van der Waals surface area contributed by atoms with Gasteiger partial charge < -0.3 is 10.3 Å². The van der Waals surface area contributed by atoms with Crippen molar-refractivity contribution in [2.75, 3.05) is 18.4 Å². The maximum atomic E-state index is 13.0. The molecule has 11 heteroatoms. The van der Waals surface area contributed by atoms with E-state index < -0.39 is 0 Å². The van der Waals surface area contributed by atoms with Crippen molar-refractivity contribution in [2.45, 2.75) is 32.2 Å². The second-order valence-corrected chi connectivity index (χ2v) is 10.5. The molecule has 6 rings (SSSR count). The number of carbonyl (C=O) groups excluding carboxylic acids is 1. The number of pyridine rings is 2. The molecule has 1 fully saturated rings. The highest BCUT2D eigenvalue weighted by atomic mass is 32.1. The van der Waals surface area contributed by atoms with Crippen molar-refractivity contribution in [1.82, 2.24) is 34.3 Å². The molecule has 174 valence electrons. The fourth-order valence-corrected chi connectivity index (χ4v) is 5.79. The number of anilines is 1. The minimum Gasteiger partial charge on any atom is -0.324 e. The number of nitrogens with one attached hydrogen (secondary N) is 2. The summed E-state index contributed by atoms with van der Waals surface area (Å²) < 4.78 is 3.46. The lowest BCUT2D eigenvalue weighted by Gasteiger charge is -2.30. The lowest BCUT2D eigenvalue weighted by molar-refractivity contribution is -0.118. The summed E-state index contributed by atoms with van der Waals surface area (Å²) in [6.07, 6.45) is 9.41. The molecule has 0 atom stereocenters. The fourth-order valence-electron chi connectivity index (χ4n) is 4.73. The van der Waals surface area contributed by atoms with E-state index in [1.807, 2.05) is 19.4 Å². The molecule has 1 amide bonds. The van der Waals surface area contributed by atoms with E-state index in [4.69, 9.17) is 0 Å². The van der Waals surface area contributed by atoms with E-state index in [-0.39, 0.29) is 17.0 Å². The van der Waals surface area contributed by atoms with Gasteiger partial charge in [-0.05, 0) is 39.3 Å².